The number of rotatable bonds is 11. The van der Waals surface area contributed by atoms with Crippen LogP contribution in [0.4, 0.5) is 0 Å². The smallest absolute Gasteiger partial charge is 0.261 e. The summed E-state index contributed by atoms with van der Waals surface area (Å²) in [6.45, 7) is 6.64. The molecule has 0 bridgehead atoms. The van der Waals surface area contributed by atoms with Crippen LogP contribution in [0.25, 0.3) is 0 Å². The van der Waals surface area contributed by atoms with Crippen LogP contribution >= 0.6 is 0 Å². The molecule has 0 spiro atoms. The topological polar surface area (TPSA) is 67.9 Å². The van der Waals surface area contributed by atoms with Gasteiger partial charge in [0.2, 0.25) is 5.91 Å². The zero-order valence-corrected chi connectivity index (χ0v) is 18.3. The molecule has 0 saturated carbocycles. The minimum atomic E-state index is -0.572. The average Bonchev–Trinajstić information content (AvgIpc) is 2.77. The molecule has 0 aliphatic rings. The van der Waals surface area contributed by atoms with Crippen LogP contribution in [-0.4, -0.2) is 43.0 Å². The van der Waals surface area contributed by atoms with E-state index in [2.05, 4.69) is 5.32 Å². The highest BCUT2D eigenvalue weighted by atomic mass is 16.5. The minimum absolute atomic E-state index is 0.134. The van der Waals surface area contributed by atoms with E-state index in [1.54, 1.807) is 12.0 Å². The first kappa shape index (κ1) is 23.3. The molecule has 2 rings (SSSR count). The minimum Gasteiger partial charge on any atom is -0.497 e. The van der Waals surface area contributed by atoms with Gasteiger partial charge in [-0.05, 0) is 49.6 Å². The normalized spacial score (nSPS) is 11.5. The van der Waals surface area contributed by atoms with Crippen molar-refractivity contribution >= 4 is 11.8 Å². The standard InChI is InChI=1S/C24H32N2O4/c1-5-14-25-24(28)22(6-2)26(16-19-8-7-9-21(15-19)29-4)23(27)17-30-20-12-10-18(3)11-13-20/h7-13,15,22H,5-6,14,16-17H2,1-4H3,(H,25,28)/t22-/m1/s1. The summed E-state index contributed by atoms with van der Waals surface area (Å²) in [5.41, 5.74) is 2.01. The molecule has 6 heteroatoms. The first-order chi connectivity index (χ1) is 14.5. The summed E-state index contributed by atoms with van der Waals surface area (Å²) in [7, 11) is 1.60. The summed E-state index contributed by atoms with van der Waals surface area (Å²) in [4.78, 5) is 27.4. The van der Waals surface area contributed by atoms with Crippen molar-refractivity contribution in [1.29, 1.82) is 0 Å². The van der Waals surface area contributed by atoms with Crippen molar-refractivity contribution in [3.05, 3.63) is 59.7 Å². The quantitative estimate of drug-likeness (QED) is 0.611. The van der Waals surface area contributed by atoms with E-state index in [4.69, 9.17) is 9.47 Å². The molecule has 30 heavy (non-hydrogen) atoms. The molecule has 6 nitrogen and oxygen atoms in total. The summed E-state index contributed by atoms with van der Waals surface area (Å²) >= 11 is 0. The fourth-order valence-corrected chi connectivity index (χ4v) is 3.12. The van der Waals surface area contributed by atoms with Crippen LogP contribution in [0.15, 0.2) is 48.5 Å². The van der Waals surface area contributed by atoms with Crippen molar-refractivity contribution in [2.24, 2.45) is 0 Å². The van der Waals surface area contributed by atoms with E-state index in [1.165, 1.54) is 0 Å². The third kappa shape index (κ3) is 6.79. The third-order valence-electron chi connectivity index (χ3n) is 4.81. The van der Waals surface area contributed by atoms with Gasteiger partial charge in [0.25, 0.3) is 5.91 Å². The molecule has 1 atom stereocenters. The fraction of sp³-hybridized carbons (Fsp3) is 0.417. The number of hydrogen-bond acceptors (Lipinski definition) is 4. The van der Waals surface area contributed by atoms with Crippen molar-refractivity contribution in [2.75, 3.05) is 20.3 Å². The third-order valence-corrected chi connectivity index (χ3v) is 4.81. The number of carbonyl (C=O) groups is 2. The monoisotopic (exact) mass is 412 g/mol. The second-order valence-corrected chi connectivity index (χ2v) is 7.19. The Morgan fingerprint density at radius 1 is 1.07 bits per heavy atom. The SMILES string of the molecule is CCCNC(=O)[C@@H](CC)N(Cc1cccc(OC)c1)C(=O)COc1ccc(C)cc1. The molecule has 1 N–H and O–H groups in total. The summed E-state index contributed by atoms with van der Waals surface area (Å²) in [6.07, 6.45) is 1.35. The maximum Gasteiger partial charge on any atom is 0.261 e. The van der Waals surface area contributed by atoms with E-state index in [0.29, 0.717) is 31.0 Å². The molecule has 2 aromatic carbocycles. The molecular formula is C24H32N2O4. The van der Waals surface area contributed by atoms with Gasteiger partial charge >= 0.3 is 0 Å². The van der Waals surface area contributed by atoms with Gasteiger partial charge in [-0.3, -0.25) is 9.59 Å². The fourth-order valence-electron chi connectivity index (χ4n) is 3.12. The van der Waals surface area contributed by atoms with Crippen molar-refractivity contribution in [3.8, 4) is 11.5 Å². The zero-order valence-electron chi connectivity index (χ0n) is 18.3. The Morgan fingerprint density at radius 2 is 1.80 bits per heavy atom. The van der Waals surface area contributed by atoms with Crippen LogP contribution in [0.3, 0.4) is 0 Å². The van der Waals surface area contributed by atoms with Gasteiger partial charge in [0.1, 0.15) is 17.5 Å². The summed E-state index contributed by atoms with van der Waals surface area (Å²) < 4.78 is 11.0. The number of benzene rings is 2. The molecule has 2 amide bonds. The Hall–Kier alpha value is -3.02. The first-order valence-corrected chi connectivity index (χ1v) is 10.4. The predicted molar refractivity (Wildman–Crippen MR) is 118 cm³/mol. The zero-order chi connectivity index (χ0) is 21.9. The highest BCUT2D eigenvalue weighted by molar-refractivity contribution is 5.88. The highest BCUT2D eigenvalue weighted by Gasteiger charge is 2.28. The molecule has 0 saturated heterocycles. The van der Waals surface area contributed by atoms with Crippen molar-refractivity contribution < 1.29 is 19.1 Å². The van der Waals surface area contributed by atoms with Crippen LogP contribution in [0.1, 0.15) is 37.8 Å². The lowest BCUT2D eigenvalue weighted by atomic mass is 10.1. The lowest BCUT2D eigenvalue weighted by Crippen LogP contribution is -2.50. The Balaban J connectivity index is 2.20. The van der Waals surface area contributed by atoms with E-state index in [-0.39, 0.29) is 18.4 Å². The van der Waals surface area contributed by atoms with Gasteiger partial charge in [0.05, 0.1) is 7.11 Å². The number of nitrogens with one attached hydrogen (secondary N) is 1. The van der Waals surface area contributed by atoms with E-state index in [1.807, 2.05) is 69.3 Å². The van der Waals surface area contributed by atoms with Gasteiger partial charge in [0.15, 0.2) is 6.61 Å². The molecule has 0 fully saturated rings. The van der Waals surface area contributed by atoms with Crippen LogP contribution in [0.5, 0.6) is 11.5 Å². The van der Waals surface area contributed by atoms with Crippen LogP contribution < -0.4 is 14.8 Å². The molecule has 0 heterocycles. The van der Waals surface area contributed by atoms with Crippen LogP contribution in [0.2, 0.25) is 0 Å². The average molecular weight is 413 g/mol. The second kappa shape index (κ2) is 11.9. The summed E-state index contributed by atoms with van der Waals surface area (Å²) in [6, 6.07) is 14.5. The van der Waals surface area contributed by atoms with E-state index < -0.39 is 6.04 Å². The molecule has 0 radical (unpaired) electrons. The van der Waals surface area contributed by atoms with Crippen molar-refractivity contribution in [3.63, 3.8) is 0 Å². The van der Waals surface area contributed by atoms with Crippen molar-refractivity contribution in [1.82, 2.24) is 10.2 Å². The van der Waals surface area contributed by atoms with E-state index >= 15 is 0 Å². The number of amides is 2. The lowest BCUT2D eigenvalue weighted by molar-refractivity contribution is -0.143. The van der Waals surface area contributed by atoms with Gasteiger partial charge in [-0.15, -0.1) is 0 Å². The number of nitrogens with zero attached hydrogens (tertiary/aromatic N) is 1. The Morgan fingerprint density at radius 3 is 2.43 bits per heavy atom. The maximum atomic E-state index is 13.1. The van der Waals surface area contributed by atoms with Crippen LogP contribution in [0, 0.1) is 6.92 Å². The summed E-state index contributed by atoms with van der Waals surface area (Å²) in [5.74, 6) is 0.945. The molecular weight excluding hydrogens is 380 g/mol. The van der Waals surface area contributed by atoms with Crippen molar-refractivity contribution in [2.45, 2.75) is 46.2 Å². The van der Waals surface area contributed by atoms with Gasteiger partial charge in [-0.25, -0.2) is 0 Å². The Labute approximate surface area is 179 Å². The van der Waals surface area contributed by atoms with E-state index in [0.717, 1.165) is 17.5 Å². The van der Waals surface area contributed by atoms with Crippen LogP contribution in [-0.2, 0) is 16.1 Å². The maximum absolute atomic E-state index is 13.1. The van der Waals surface area contributed by atoms with Gasteiger partial charge in [-0.1, -0.05) is 43.7 Å². The molecule has 0 aliphatic heterocycles. The Kier molecular flexibility index (Phi) is 9.19. The van der Waals surface area contributed by atoms with Gasteiger partial charge < -0.3 is 19.7 Å². The first-order valence-electron chi connectivity index (χ1n) is 10.4. The molecule has 0 aromatic heterocycles. The molecule has 0 aliphatic carbocycles. The van der Waals surface area contributed by atoms with Gasteiger partial charge in [0, 0.05) is 13.1 Å². The highest BCUT2D eigenvalue weighted by Crippen LogP contribution is 2.18. The molecule has 0 unspecified atom stereocenters. The van der Waals surface area contributed by atoms with Gasteiger partial charge in [-0.2, -0.15) is 0 Å². The number of aryl methyl sites for hydroxylation is 1. The number of ether oxygens (including phenoxy) is 2. The number of methoxy groups -OCH3 is 1. The molecule has 2 aromatic rings. The number of hydrogen-bond donors (Lipinski definition) is 1. The Bertz CT molecular complexity index is 820. The predicted octanol–water partition coefficient (Wildman–Crippen LogP) is 3.72. The number of carbonyl (C=O) groups excluding carboxylic acids is 2. The lowest BCUT2D eigenvalue weighted by Gasteiger charge is -2.30. The second-order valence-electron chi connectivity index (χ2n) is 7.19. The molecule has 162 valence electrons. The largest absolute Gasteiger partial charge is 0.497 e. The summed E-state index contributed by atoms with van der Waals surface area (Å²) in [5, 5.41) is 2.91. The van der Waals surface area contributed by atoms with E-state index in [9.17, 15) is 9.59 Å².